The molecule has 0 aliphatic heterocycles. The predicted octanol–water partition coefficient (Wildman–Crippen LogP) is 5.62. The van der Waals surface area contributed by atoms with Crippen LogP contribution in [0.5, 0.6) is 0 Å². The van der Waals surface area contributed by atoms with Crippen LogP contribution in [0.1, 0.15) is 26.2 Å². The molecule has 0 bridgehead atoms. The second-order valence-electron chi connectivity index (χ2n) is 4.45. The SMILES string of the molecule is CCCCC(F)(F)C(F)(F)C(F)(F)C(F)(F)C(F)(F)C(F)F. The lowest BCUT2D eigenvalue weighted by atomic mass is 9.92. The monoisotopic (exact) mass is 358 g/mol. The Morgan fingerprint density at radius 1 is 0.682 bits per heavy atom. The molecular weight excluding hydrogens is 348 g/mol. The van der Waals surface area contributed by atoms with Crippen molar-refractivity contribution in [2.24, 2.45) is 0 Å². The molecule has 0 unspecified atom stereocenters. The van der Waals surface area contributed by atoms with E-state index in [-0.39, 0.29) is 6.42 Å². The second kappa shape index (κ2) is 5.99. The molecule has 0 rings (SSSR count). The molecule has 0 nitrogen and oxygen atoms in total. The minimum Gasteiger partial charge on any atom is -0.203 e. The Morgan fingerprint density at radius 2 is 1.09 bits per heavy atom. The van der Waals surface area contributed by atoms with Gasteiger partial charge in [0.15, 0.2) is 0 Å². The van der Waals surface area contributed by atoms with E-state index in [9.17, 15) is 52.7 Å². The van der Waals surface area contributed by atoms with Gasteiger partial charge in [0, 0.05) is 6.42 Å². The lowest BCUT2D eigenvalue weighted by molar-refractivity contribution is -0.413. The lowest BCUT2D eigenvalue weighted by Gasteiger charge is -2.39. The highest BCUT2D eigenvalue weighted by Gasteiger charge is 2.87. The molecule has 0 radical (unpaired) electrons. The van der Waals surface area contributed by atoms with E-state index in [0.717, 1.165) is 0 Å². The van der Waals surface area contributed by atoms with Crippen molar-refractivity contribution >= 4 is 0 Å². The minimum atomic E-state index is -7.41. The quantitative estimate of drug-likeness (QED) is 0.494. The molecule has 0 saturated heterocycles. The Morgan fingerprint density at radius 3 is 1.41 bits per heavy atom. The van der Waals surface area contributed by atoms with E-state index in [1.807, 2.05) is 0 Å². The summed E-state index contributed by atoms with van der Waals surface area (Å²) in [5.74, 6) is -34.5. The highest BCUT2D eigenvalue weighted by atomic mass is 19.4. The fourth-order valence-electron chi connectivity index (χ4n) is 1.33. The summed E-state index contributed by atoms with van der Waals surface area (Å²) in [6.07, 6.45) is -8.51. The molecule has 0 amide bonds. The fraction of sp³-hybridized carbons (Fsp3) is 1.00. The van der Waals surface area contributed by atoms with Crippen molar-refractivity contribution in [3.63, 3.8) is 0 Å². The zero-order chi connectivity index (χ0) is 18.2. The maximum Gasteiger partial charge on any atom is 0.384 e. The Bertz CT molecular complexity index is 372. The van der Waals surface area contributed by atoms with Crippen molar-refractivity contribution in [3.05, 3.63) is 0 Å². The van der Waals surface area contributed by atoms with Crippen LogP contribution in [-0.4, -0.2) is 36.0 Å². The summed E-state index contributed by atoms with van der Waals surface area (Å²) in [6.45, 7) is 1.17. The standard InChI is InChI=1S/C10H10F12/c1-2-3-4-6(13,14)8(17,18)10(21,22)9(19,20)7(15,16)5(11)12/h5H,2-4H2,1H3. The first-order chi connectivity index (χ1) is 9.50. The molecule has 0 aliphatic carbocycles. The summed E-state index contributed by atoms with van der Waals surface area (Å²) in [7, 11) is 0. The smallest absolute Gasteiger partial charge is 0.203 e. The molecule has 12 heteroatoms. The molecule has 0 N–H and O–H groups in total. The van der Waals surface area contributed by atoms with E-state index in [2.05, 4.69) is 0 Å². The van der Waals surface area contributed by atoms with Crippen LogP contribution in [0, 0.1) is 0 Å². The summed E-state index contributed by atoms with van der Waals surface area (Å²) in [4.78, 5) is 0. The van der Waals surface area contributed by atoms with Gasteiger partial charge in [-0.3, -0.25) is 0 Å². The van der Waals surface area contributed by atoms with Crippen molar-refractivity contribution in [2.45, 2.75) is 62.2 Å². The molecule has 22 heavy (non-hydrogen) atoms. The Labute approximate surface area is 116 Å². The largest absolute Gasteiger partial charge is 0.384 e. The first-order valence-electron chi connectivity index (χ1n) is 5.68. The number of hydrogen-bond donors (Lipinski definition) is 0. The average molecular weight is 358 g/mol. The van der Waals surface area contributed by atoms with Gasteiger partial charge in [0.2, 0.25) is 0 Å². The number of rotatable bonds is 8. The van der Waals surface area contributed by atoms with Crippen LogP contribution >= 0.6 is 0 Å². The number of hydrogen-bond acceptors (Lipinski definition) is 0. The first-order valence-corrected chi connectivity index (χ1v) is 5.68. The van der Waals surface area contributed by atoms with Crippen LogP contribution in [0.15, 0.2) is 0 Å². The van der Waals surface area contributed by atoms with Gasteiger partial charge < -0.3 is 0 Å². The average Bonchev–Trinajstić information content (AvgIpc) is 2.35. The van der Waals surface area contributed by atoms with Crippen LogP contribution < -0.4 is 0 Å². The maximum absolute atomic E-state index is 13.0. The van der Waals surface area contributed by atoms with Crippen LogP contribution in [-0.2, 0) is 0 Å². The van der Waals surface area contributed by atoms with Crippen molar-refractivity contribution in [2.75, 3.05) is 0 Å². The third kappa shape index (κ3) is 2.97. The van der Waals surface area contributed by atoms with Crippen LogP contribution in [0.3, 0.4) is 0 Å². The van der Waals surface area contributed by atoms with E-state index in [1.165, 1.54) is 6.92 Å². The molecular formula is C10H10F12. The van der Waals surface area contributed by atoms with Gasteiger partial charge in [0.1, 0.15) is 0 Å². The zero-order valence-corrected chi connectivity index (χ0v) is 10.7. The van der Waals surface area contributed by atoms with E-state index in [1.54, 1.807) is 0 Å². The van der Waals surface area contributed by atoms with E-state index in [0.29, 0.717) is 0 Å². The third-order valence-electron chi connectivity index (χ3n) is 2.79. The molecule has 0 aromatic heterocycles. The minimum absolute atomic E-state index is 0.221. The van der Waals surface area contributed by atoms with Gasteiger partial charge in [-0.25, -0.2) is 8.78 Å². The van der Waals surface area contributed by atoms with Gasteiger partial charge in [-0.2, -0.15) is 43.9 Å². The van der Waals surface area contributed by atoms with Crippen molar-refractivity contribution in [3.8, 4) is 0 Å². The van der Waals surface area contributed by atoms with Crippen LogP contribution in [0.2, 0.25) is 0 Å². The Hall–Kier alpha value is -0.840. The Kier molecular flexibility index (Phi) is 5.76. The molecule has 0 aromatic carbocycles. The normalized spacial score (nSPS) is 15.5. The van der Waals surface area contributed by atoms with E-state index >= 15 is 0 Å². The highest BCUT2D eigenvalue weighted by Crippen LogP contribution is 2.58. The second-order valence-corrected chi connectivity index (χ2v) is 4.45. The third-order valence-corrected chi connectivity index (χ3v) is 2.79. The molecule has 0 heterocycles. The zero-order valence-electron chi connectivity index (χ0n) is 10.7. The Balaban J connectivity index is 5.88. The van der Waals surface area contributed by atoms with Gasteiger partial charge in [-0.05, 0) is 6.42 Å². The van der Waals surface area contributed by atoms with Crippen molar-refractivity contribution in [1.82, 2.24) is 0 Å². The van der Waals surface area contributed by atoms with Crippen LogP contribution in [0.25, 0.3) is 0 Å². The van der Waals surface area contributed by atoms with Crippen molar-refractivity contribution in [1.29, 1.82) is 0 Å². The van der Waals surface area contributed by atoms with Gasteiger partial charge >= 0.3 is 36.0 Å². The number of halogens is 12. The molecule has 0 aromatic rings. The fourth-order valence-corrected chi connectivity index (χ4v) is 1.33. The van der Waals surface area contributed by atoms with Crippen LogP contribution in [0.4, 0.5) is 52.7 Å². The summed E-state index contributed by atoms with van der Waals surface area (Å²) in [5.41, 5.74) is 0. The summed E-state index contributed by atoms with van der Waals surface area (Å²) < 4.78 is 152. The summed E-state index contributed by atoms with van der Waals surface area (Å²) in [6, 6.07) is 0. The molecule has 0 spiro atoms. The summed E-state index contributed by atoms with van der Waals surface area (Å²) >= 11 is 0. The summed E-state index contributed by atoms with van der Waals surface area (Å²) in [5, 5.41) is 0. The molecule has 0 atom stereocenters. The van der Waals surface area contributed by atoms with Gasteiger partial charge in [0.05, 0.1) is 0 Å². The van der Waals surface area contributed by atoms with Crippen molar-refractivity contribution < 1.29 is 52.7 Å². The number of unbranched alkanes of at least 4 members (excludes halogenated alkanes) is 1. The molecule has 0 saturated carbocycles. The van der Waals surface area contributed by atoms with E-state index < -0.39 is 48.9 Å². The maximum atomic E-state index is 13.0. The molecule has 134 valence electrons. The highest BCUT2D eigenvalue weighted by molar-refractivity contribution is 5.08. The lowest BCUT2D eigenvalue weighted by Crippen LogP contribution is -2.68. The number of alkyl halides is 12. The predicted molar refractivity (Wildman–Crippen MR) is 50.3 cm³/mol. The topological polar surface area (TPSA) is 0 Å². The first kappa shape index (κ1) is 21.2. The van der Waals surface area contributed by atoms with E-state index in [4.69, 9.17) is 0 Å². The van der Waals surface area contributed by atoms with Gasteiger partial charge in [0.25, 0.3) is 0 Å². The van der Waals surface area contributed by atoms with Gasteiger partial charge in [-0.15, -0.1) is 0 Å². The van der Waals surface area contributed by atoms with Gasteiger partial charge in [-0.1, -0.05) is 13.3 Å². The molecule has 0 fully saturated rings. The molecule has 0 aliphatic rings.